The van der Waals surface area contributed by atoms with Gasteiger partial charge in [-0.2, -0.15) is 0 Å². The normalized spacial score (nSPS) is 13.0. The Morgan fingerprint density at radius 3 is 2.70 bits per heavy atom. The number of carbonyl (C=O) groups is 1. The highest BCUT2D eigenvalue weighted by atomic mass is 19.1. The molecule has 2 aromatic heterocycles. The van der Waals surface area contributed by atoms with E-state index in [4.69, 9.17) is 16.2 Å². The van der Waals surface area contributed by atoms with Gasteiger partial charge in [0.25, 0.3) is 5.91 Å². The molecule has 0 fully saturated rings. The van der Waals surface area contributed by atoms with E-state index < -0.39 is 11.7 Å². The second kappa shape index (κ2) is 8.91. The highest BCUT2D eigenvalue weighted by molar-refractivity contribution is 5.99. The Kier molecular flexibility index (Phi) is 6.31. The molecule has 0 unspecified atom stereocenters. The molecule has 6 N–H and O–H groups in total. The van der Waals surface area contributed by atoms with Gasteiger partial charge in [0.15, 0.2) is 5.82 Å². The van der Waals surface area contributed by atoms with Crippen molar-refractivity contribution in [1.29, 1.82) is 0 Å². The van der Waals surface area contributed by atoms with Crippen molar-refractivity contribution < 1.29 is 13.9 Å². The summed E-state index contributed by atoms with van der Waals surface area (Å²) in [6.45, 7) is 3.88. The lowest BCUT2D eigenvalue weighted by Crippen LogP contribution is -2.37. The first kappa shape index (κ1) is 21.3. The first-order valence-corrected chi connectivity index (χ1v) is 9.55. The van der Waals surface area contributed by atoms with Crippen LogP contribution < -0.4 is 26.8 Å². The third-order valence-corrected chi connectivity index (χ3v) is 4.86. The number of nitrogens with two attached hydrogens (primary N) is 2. The Hall–Kier alpha value is -3.46. The lowest BCUT2D eigenvalue weighted by Gasteiger charge is -2.23. The van der Waals surface area contributed by atoms with Crippen LogP contribution in [0.15, 0.2) is 36.7 Å². The van der Waals surface area contributed by atoms with Crippen molar-refractivity contribution in [1.82, 2.24) is 9.97 Å². The van der Waals surface area contributed by atoms with Crippen LogP contribution in [-0.4, -0.2) is 35.1 Å². The number of methoxy groups -OCH3 is 1. The number of nitrogens with zero attached hydrogens (tertiary/aromatic N) is 2. The van der Waals surface area contributed by atoms with Gasteiger partial charge in [-0.05, 0) is 25.5 Å². The summed E-state index contributed by atoms with van der Waals surface area (Å²) in [6.07, 6.45) is 3.57. The van der Waals surface area contributed by atoms with E-state index in [0.29, 0.717) is 17.0 Å². The van der Waals surface area contributed by atoms with Crippen molar-refractivity contribution in [3.8, 4) is 5.75 Å². The van der Waals surface area contributed by atoms with E-state index in [9.17, 15) is 4.79 Å². The zero-order chi connectivity index (χ0) is 21.8. The van der Waals surface area contributed by atoms with E-state index in [0.717, 1.165) is 6.42 Å². The quantitative estimate of drug-likeness (QED) is 0.447. The first-order chi connectivity index (χ1) is 14.3. The van der Waals surface area contributed by atoms with E-state index in [1.165, 1.54) is 25.6 Å². The predicted octanol–water partition coefficient (Wildman–Crippen LogP) is 3.16. The molecule has 1 aromatic carbocycles. The van der Waals surface area contributed by atoms with Crippen LogP contribution in [0.2, 0.25) is 0 Å². The van der Waals surface area contributed by atoms with E-state index in [2.05, 4.69) is 20.6 Å². The third kappa shape index (κ3) is 4.25. The molecule has 9 heteroatoms. The monoisotopic (exact) mass is 412 g/mol. The Balaban J connectivity index is 2.12. The number of hydrogen-bond donors (Lipinski definition) is 4. The molecule has 2 heterocycles. The van der Waals surface area contributed by atoms with Gasteiger partial charge < -0.3 is 26.8 Å². The summed E-state index contributed by atoms with van der Waals surface area (Å²) in [7, 11) is 1.53. The van der Waals surface area contributed by atoms with Gasteiger partial charge in [-0.3, -0.25) is 9.78 Å². The lowest BCUT2D eigenvalue weighted by molar-refractivity contribution is 0.100. The number of carbonyl (C=O) groups excluding carboxylic acids is 1. The van der Waals surface area contributed by atoms with Crippen LogP contribution in [0.4, 0.5) is 21.6 Å². The number of halogens is 1. The smallest absolute Gasteiger partial charge is 0.252 e. The lowest BCUT2D eigenvalue weighted by atomic mass is 10.1. The Labute approximate surface area is 173 Å². The summed E-state index contributed by atoms with van der Waals surface area (Å²) in [6, 6.07) is 6.21. The van der Waals surface area contributed by atoms with Crippen LogP contribution in [0, 0.1) is 5.82 Å². The maximum atomic E-state index is 15.6. The summed E-state index contributed by atoms with van der Waals surface area (Å²) in [4.78, 5) is 20.1. The molecule has 30 heavy (non-hydrogen) atoms. The van der Waals surface area contributed by atoms with E-state index in [-0.39, 0.29) is 34.5 Å². The van der Waals surface area contributed by atoms with Gasteiger partial charge in [-0.15, -0.1) is 0 Å². The van der Waals surface area contributed by atoms with Crippen molar-refractivity contribution in [3.05, 3.63) is 48.0 Å². The van der Waals surface area contributed by atoms with Gasteiger partial charge >= 0.3 is 0 Å². The number of benzene rings is 1. The molecule has 0 saturated carbocycles. The molecule has 2 atom stereocenters. The molecule has 1 amide bonds. The number of rotatable bonds is 8. The van der Waals surface area contributed by atoms with Gasteiger partial charge in [0, 0.05) is 30.4 Å². The molecule has 158 valence electrons. The molecule has 0 aliphatic rings. The van der Waals surface area contributed by atoms with E-state index >= 15 is 4.39 Å². The molecule has 0 aliphatic carbocycles. The molecule has 0 spiro atoms. The van der Waals surface area contributed by atoms with Crippen LogP contribution in [-0.2, 0) is 0 Å². The fourth-order valence-electron chi connectivity index (χ4n) is 3.21. The minimum atomic E-state index is -0.672. The molecular formula is C21H25FN6O2. The average Bonchev–Trinajstić information content (AvgIpc) is 2.73. The number of primary amides is 1. The molecule has 0 saturated heterocycles. The van der Waals surface area contributed by atoms with Gasteiger partial charge in [0.05, 0.1) is 41.1 Å². The SMILES string of the molecule is CC[C@@H](Nc1cc(OC)cc2ncc(Nc3ncccc3C(N)=O)c(F)c12)[C@H](C)N. The van der Waals surface area contributed by atoms with Crippen LogP contribution in [0.1, 0.15) is 30.6 Å². The number of hydrogen-bond acceptors (Lipinski definition) is 7. The molecule has 0 aliphatic heterocycles. The molecule has 8 nitrogen and oxygen atoms in total. The van der Waals surface area contributed by atoms with Gasteiger partial charge in [-0.25, -0.2) is 9.37 Å². The summed E-state index contributed by atoms with van der Waals surface area (Å²) >= 11 is 0. The average molecular weight is 412 g/mol. The fraction of sp³-hybridized carbons (Fsp3) is 0.286. The highest BCUT2D eigenvalue weighted by Crippen LogP contribution is 2.35. The van der Waals surface area contributed by atoms with Crippen molar-refractivity contribution in [3.63, 3.8) is 0 Å². The zero-order valence-corrected chi connectivity index (χ0v) is 17.1. The van der Waals surface area contributed by atoms with Gasteiger partial charge in [0.2, 0.25) is 0 Å². The minimum absolute atomic E-state index is 0.0609. The van der Waals surface area contributed by atoms with Crippen LogP contribution >= 0.6 is 0 Å². The fourth-order valence-corrected chi connectivity index (χ4v) is 3.21. The van der Waals surface area contributed by atoms with Crippen LogP contribution in [0.25, 0.3) is 10.9 Å². The third-order valence-electron chi connectivity index (χ3n) is 4.86. The van der Waals surface area contributed by atoms with Crippen LogP contribution in [0.5, 0.6) is 5.75 Å². The number of pyridine rings is 2. The molecular weight excluding hydrogens is 387 g/mol. The first-order valence-electron chi connectivity index (χ1n) is 9.55. The summed E-state index contributed by atoms with van der Waals surface area (Å²) in [5, 5.41) is 6.41. The standard InChI is InChI=1S/C21H25FN6O2/c1-4-14(11(2)23)27-16-9-12(30-3)8-15-18(16)19(22)17(10-26-15)28-21-13(20(24)29)6-5-7-25-21/h5-11,14,27H,4,23H2,1-3H3,(H2,24,29)(H,25,28)/t11-,14+/m0/s1. The zero-order valence-electron chi connectivity index (χ0n) is 17.1. The summed E-state index contributed by atoms with van der Waals surface area (Å²) < 4.78 is 20.9. The molecule has 0 bridgehead atoms. The second-order valence-electron chi connectivity index (χ2n) is 6.96. The topological polar surface area (TPSA) is 128 Å². The molecule has 0 radical (unpaired) electrons. The van der Waals surface area contributed by atoms with Crippen LogP contribution in [0.3, 0.4) is 0 Å². The van der Waals surface area contributed by atoms with Gasteiger partial charge in [0.1, 0.15) is 11.6 Å². The van der Waals surface area contributed by atoms with E-state index in [1.807, 2.05) is 13.8 Å². The number of nitrogens with one attached hydrogen (secondary N) is 2. The van der Waals surface area contributed by atoms with E-state index in [1.54, 1.807) is 18.2 Å². The summed E-state index contributed by atoms with van der Waals surface area (Å²) in [5.74, 6) is -0.534. The Morgan fingerprint density at radius 1 is 1.30 bits per heavy atom. The van der Waals surface area contributed by atoms with Crippen molar-refractivity contribution >= 4 is 34.0 Å². The number of anilines is 3. The second-order valence-corrected chi connectivity index (χ2v) is 6.96. The number of aromatic nitrogens is 2. The maximum absolute atomic E-state index is 15.6. The Bertz CT molecular complexity index is 1070. The minimum Gasteiger partial charge on any atom is -0.497 e. The maximum Gasteiger partial charge on any atom is 0.252 e. The highest BCUT2D eigenvalue weighted by Gasteiger charge is 2.19. The van der Waals surface area contributed by atoms with Crippen molar-refractivity contribution in [2.24, 2.45) is 11.5 Å². The largest absolute Gasteiger partial charge is 0.497 e. The number of fused-ring (bicyclic) bond motifs is 1. The Morgan fingerprint density at radius 2 is 2.07 bits per heavy atom. The number of amides is 1. The number of ether oxygens (including phenoxy) is 1. The molecule has 3 rings (SSSR count). The molecule has 3 aromatic rings. The van der Waals surface area contributed by atoms with Gasteiger partial charge in [-0.1, -0.05) is 6.92 Å². The summed E-state index contributed by atoms with van der Waals surface area (Å²) in [5.41, 5.74) is 12.6. The van der Waals surface area contributed by atoms with Crippen molar-refractivity contribution in [2.75, 3.05) is 17.7 Å². The predicted molar refractivity (Wildman–Crippen MR) is 116 cm³/mol. The van der Waals surface area contributed by atoms with Crippen molar-refractivity contribution in [2.45, 2.75) is 32.4 Å².